The Morgan fingerprint density at radius 1 is 1.30 bits per heavy atom. The standard InChI is InChI=1S/C17H21ClN2/c1-3-8-20-17(10-14-5-4-9-19-12-14)15-7-6-13(2)16(18)11-15/h4-7,9,11-12,17,20H,3,8,10H2,1-2H3. The second-order valence-electron chi connectivity index (χ2n) is 5.08. The van der Waals surface area contributed by atoms with Crippen LogP contribution in [0.1, 0.15) is 36.1 Å². The number of benzene rings is 1. The van der Waals surface area contributed by atoms with Gasteiger partial charge in [-0.25, -0.2) is 0 Å². The molecule has 0 radical (unpaired) electrons. The molecule has 106 valence electrons. The van der Waals surface area contributed by atoms with Gasteiger partial charge in [-0.3, -0.25) is 4.98 Å². The van der Waals surface area contributed by atoms with Gasteiger partial charge in [-0.1, -0.05) is 36.7 Å². The highest BCUT2D eigenvalue weighted by Gasteiger charge is 2.12. The lowest BCUT2D eigenvalue weighted by Crippen LogP contribution is -2.24. The van der Waals surface area contributed by atoms with Crippen LogP contribution in [0.2, 0.25) is 5.02 Å². The third-order valence-corrected chi connectivity index (χ3v) is 3.81. The molecule has 2 nitrogen and oxygen atoms in total. The molecule has 0 fully saturated rings. The molecule has 1 aromatic carbocycles. The summed E-state index contributed by atoms with van der Waals surface area (Å²) in [6.07, 6.45) is 5.77. The molecule has 1 unspecified atom stereocenters. The summed E-state index contributed by atoms with van der Waals surface area (Å²) < 4.78 is 0. The monoisotopic (exact) mass is 288 g/mol. The minimum absolute atomic E-state index is 0.275. The lowest BCUT2D eigenvalue weighted by Gasteiger charge is -2.19. The number of halogens is 1. The Morgan fingerprint density at radius 3 is 2.80 bits per heavy atom. The van der Waals surface area contributed by atoms with Gasteiger partial charge in [-0.2, -0.15) is 0 Å². The zero-order valence-electron chi connectivity index (χ0n) is 12.1. The van der Waals surface area contributed by atoms with Crippen LogP contribution in [0.15, 0.2) is 42.7 Å². The quantitative estimate of drug-likeness (QED) is 0.856. The highest BCUT2D eigenvalue weighted by atomic mass is 35.5. The van der Waals surface area contributed by atoms with Crippen LogP contribution in [0, 0.1) is 6.92 Å². The maximum absolute atomic E-state index is 6.25. The van der Waals surface area contributed by atoms with E-state index in [1.807, 2.05) is 19.2 Å². The molecule has 0 bridgehead atoms. The summed E-state index contributed by atoms with van der Waals surface area (Å²) >= 11 is 6.25. The molecular formula is C17H21ClN2. The molecule has 1 heterocycles. The van der Waals surface area contributed by atoms with Gasteiger partial charge in [0.25, 0.3) is 0 Å². The molecule has 2 rings (SSSR count). The smallest absolute Gasteiger partial charge is 0.0438 e. The molecule has 3 heteroatoms. The predicted octanol–water partition coefficient (Wildman–Crippen LogP) is 4.33. The summed E-state index contributed by atoms with van der Waals surface area (Å²) in [4.78, 5) is 4.19. The van der Waals surface area contributed by atoms with Crippen LogP contribution < -0.4 is 5.32 Å². The first-order valence-corrected chi connectivity index (χ1v) is 7.47. The number of aryl methyl sites for hydroxylation is 1. The van der Waals surface area contributed by atoms with E-state index in [0.29, 0.717) is 0 Å². The van der Waals surface area contributed by atoms with Gasteiger partial charge in [0, 0.05) is 23.5 Å². The van der Waals surface area contributed by atoms with Gasteiger partial charge in [-0.15, -0.1) is 0 Å². The van der Waals surface area contributed by atoms with E-state index in [-0.39, 0.29) is 6.04 Å². The highest BCUT2D eigenvalue weighted by molar-refractivity contribution is 6.31. The molecular weight excluding hydrogens is 268 g/mol. The van der Waals surface area contributed by atoms with Gasteiger partial charge >= 0.3 is 0 Å². The molecule has 0 amide bonds. The van der Waals surface area contributed by atoms with Crippen molar-refractivity contribution in [3.05, 3.63) is 64.4 Å². The van der Waals surface area contributed by atoms with Crippen LogP contribution in [0.25, 0.3) is 0 Å². The molecule has 1 aromatic heterocycles. The van der Waals surface area contributed by atoms with Crippen molar-refractivity contribution in [2.45, 2.75) is 32.7 Å². The van der Waals surface area contributed by atoms with E-state index in [0.717, 1.165) is 30.0 Å². The maximum Gasteiger partial charge on any atom is 0.0438 e. The Bertz CT molecular complexity index is 540. The van der Waals surface area contributed by atoms with E-state index in [2.05, 4.69) is 41.5 Å². The van der Waals surface area contributed by atoms with E-state index in [9.17, 15) is 0 Å². The number of pyridine rings is 1. The SMILES string of the molecule is CCCNC(Cc1cccnc1)c1ccc(C)c(Cl)c1. The van der Waals surface area contributed by atoms with E-state index in [4.69, 9.17) is 11.6 Å². The van der Waals surface area contributed by atoms with Gasteiger partial charge < -0.3 is 5.32 Å². The van der Waals surface area contributed by atoms with Crippen molar-refractivity contribution in [1.29, 1.82) is 0 Å². The Labute approximate surface area is 126 Å². The van der Waals surface area contributed by atoms with Crippen molar-refractivity contribution in [3.8, 4) is 0 Å². The van der Waals surface area contributed by atoms with E-state index >= 15 is 0 Å². The van der Waals surface area contributed by atoms with E-state index in [1.165, 1.54) is 11.1 Å². The number of aromatic nitrogens is 1. The lowest BCUT2D eigenvalue weighted by molar-refractivity contribution is 0.528. The molecule has 1 N–H and O–H groups in total. The summed E-state index contributed by atoms with van der Waals surface area (Å²) in [5, 5.41) is 4.42. The molecule has 20 heavy (non-hydrogen) atoms. The molecule has 0 aliphatic carbocycles. The fraction of sp³-hybridized carbons (Fsp3) is 0.353. The van der Waals surface area contributed by atoms with Gasteiger partial charge in [0.1, 0.15) is 0 Å². The number of hydrogen-bond acceptors (Lipinski definition) is 2. The summed E-state index contributed by atoms with van der Waals surface area (Å²) in [6.45, 7) is 5.20. The van der Waals surface area contributed by atoms with Gasteiger partial charge in [0.05, 0.1) is 0 Å². The Kier molecular flexibility index (Phi) is 5.57. The minimum Gasteiger partial charge on any atom is -0.310 e. The third kappa shape index (κ3) is 4.06. The second kappa shape index (κ2) is 7.41. The fourth-order valence-electron chi connectivity index (χ4n) is 2.21. The zero-order chi connectivity index (χ0) is 14.4. The number of rotatable bonds is 6. The number of hydrogen-bond donors (Lipinski definition) is 1. The van der Waals surface area contributed by atoms with Crippen LogP contribution in [-0.4, -0.2) is 11.5 Å². The molecule has 2 aromatic rings. The van der Waals surface area contributed by atoms with Gasteiger partial charge in [-0.05, 0) is 55.1 Å². The first-order valence-electron chi connectivity index (χ1n) is 7.09. The normalized spacial score (nSPS) is 12.3. The molecule has 0 spiro atoms. The second-order valence-corrected chi connectivity index (χ2v) is 5.49. The fourth-order valence-corrected chi connectivity index (χ4v) is 2.40. The van der Waals surface area contributed by atoms with E-state index in [1.54, 1.807) is 6.20 Å². The lowest BCUT2D eigenvalue weighted by atomic mass is 9.98. The van der Waals surface area contributed by atoms with Gasteiger partial charge in [0.2, 0.25) is 0 Å². The molecule has 1 atom stereocenters. The van der Waals surface area contributed by atoms with Crippen molar-refractivity contribution in [1.82, 2.24) is 10.3 Å². The van der Waals surface area contributed by atoms with Crippen LogP contribution in [-0.2, 0) is 6.42 Å². The van der Waals surface area contributed by atoms with Crippen LogP contribution >= 0.6 is 11.6 Å². The third-order valence-electron chi connectivity index (χ3n) is 3.40. The largest absolute Gasteiger partial charge is 0.310 e. The molecule has 0 aliphatic rings. The van der Waals surface area contributed by atoms with Crippen LogP contribution in [0.4, 0.5) is 0 Å². The summed E-state index contributed by atoms with van der Waals surface area (Å²) in [6, 6.07) is 10.7. The molecule has 0 aliphatic heterocycles. The Balaban J connectivity index is 2.20. The zero-order valence-corrected chi connectivity index (χ0v) is 12.8. The number of nitrogens with one attached hydrogen (secondary N) is 1. The highest BCUT2D eigenvalue weighted by Crippen LogP contribution is 2.24. The summed E-state index contributed by atoms with van der Waals surface area (Å²) in [5.41, 5.74) is 3.58. The number of nitrogens with zero attached hydrogens (tertiary/aromatic N) is 1. The molecule has 0 saturated carbocycles. The van der Waals surface area contributed by atoms with Crippen LogP contribution in [0.3, 0.4) is 0 Å². The van der Waals surface area contributed by atoms with Crippen molar-refractivity contribution < 1.29 is 0 Å². The first kappa shape index (κ1) is 15.0. The molecule has 0 saturated heterocycles. The Morgan fingerprint density at radius 2 is 2.15 bits per heavy atom. The van der Waals surface area contributed by atoms with Crippen molar-refractivity contribution in [2.24, 2.45) is 0 Å². The van der Waals surface area contributed by atoms with Crippen molar-refractivity contribution in [3.63, 3.8) is 0 Å². The first-order chi connectivity index (χ1) is 9.70. The average Bonchev–Trinajstić information content (AvgIpc) is 2.47. The van der Waals surface area contributed by atoms with Crippen molar-refractivity contribution >= 4 is 11.6 Å². The van der Waals surface area contributed by atoms with E-state index < -0.39 is 0 Å². The Hall–Kier alpha value is -1.38. The minimum atomic E-state index is 0.275. The van der Waals surface area contributed by atoms with Crippen LogP contribution in [0.5, 0.6) is 0 Å². The summed E-state index contributed by atoms with van der Waals surface area (Å²) in [7, 11) is 0. The predicted molar refractivity (Wildman–Crippen MR) is 85.2 cm³/mol. The maximum atomic E-state index is 6.25. The summed E-state index contributed by atoms with van der Waals surface area (Å²) in [5.74, 6) is 0. The topological polar surface area (TPSA) is 24.9 Å². The van der Waals surface area contributed by atoms with Crippen molar-refractivity contribution in [2.75, 3.05) is 6.54 Å². The average molecular weight is 289 g/mol. The van der Waals surface area contributed by atoms with Gasteiger partial charge in [0.15, 0.2) is 0 Å².